The molecule has 0 bridgehead atoms. The summed E-state index contributed by atoms with van der Waals surface area (Å²) in [6.45, 7) is 0.932. The molecule has 2 N–H and O–H groups in total. The SMILES string of the molecule is O=C(NCc1ccccn1)c1csc(NCc2ccccc2Cl)n1. The molecule has 0 fully saturated rings. The molecule has 7 heteroatoms. The Bertz CT molecular complexity index is 822. The van der Waals surface area contributed by atoms with E-state index in [0.717, 1.165) is 11.3 Å². The summed E-state index contributed by atoms with van der Waals surface area (Å²) < 4.78 is 0. The van der Waals surface area contributed by atoms with Crippen molar-refractivity contribution in [1.82, 2.24) is 15.3 Å². The molecule has 0 atom stereocenters. The molecular weight excluding hydrogens is 344 g/mol. The highest BCUT2D eigenvalue weighted by Gasteiger charge is 2.11. The van der Waals surface area contributed by atoms with Crippen molar-refractivity contribution in [2.45, 2.75) is 13.1 Å². The molecule has 0 unspecified atom stereocenters. The van der Waals surface area contributed by atoms with Crippen molar-refractivity contribution in [2.24, 2.45) is 0 Å². The highest BCUT2D eigenvalue weighted by molar-refractivity contribution is 7.13. The van der Waals surface area contributed by atoms with Crippen LogP contribution in [0.3, 0.4) is 0 Å². The van der Waals surface area contributed by atoms with Gasteiger partial charge in [-0.25, -0.2) is 4.98 Å². The number of thiazole rings is 1. The third kappa shape index (κ3) is 4.31. The van der Waals surface area contributed by atoms with E-state index in [2.05, 4.69) is 20.6 Å². The Morgan fingerprint density at radius 1 is 1.12 bits per heavy atom. The van der Waals surface area contributed by atoms with Gasteiger partial charge in [0, 0.05) is 23.1 Å². The molecule has 3 aromatic rings. The van der Waals surface area contributed by atoms with Crippen LogP contribution in [0, 0.1) is 0 Å². The van der Waals surface area contributed by atoms with Crippen LogP contribution in [0.25, 0.3) is 0 Å². The zero-order valence-electron chi connectivity index (χ0n) is 12.7. The van der Waals surface area contributed by atoms with E-state index in [4.69, 9.17) is 11.6 Å². The van der Waals surface area contributed by atoms with Crippen LogP contribution in [-0.4, -0.2) is 15.9 Å². The Morgan fingerprint density at radius 2 is 1.96 bits per heavy atom. The fourth-order valence-electron chi connectivity index (χ4n) is 2.04. The van der Waals surface area contributed by atoms with Crippen LogP contribution < -0.4 is 10.6 Å². The van der Waals surface area contributed by atoms with Gasteiger partial charge in [0.05, 0.1) is 12.2 Å². The minimum atomic E-state index is -0.220. The van der Waals surface area contributed by atoms with E-state index in [0.29, 0.717) is 28.9 Å². The molecule has 122 valence electrons. The molecule has 0 radical (unpaired) electrons. The van der Waals surface area contributed by atoms with E-state index in [9.17, 15) is 4.79 Å². The third-order valence-corrected chi connectivity index (χ3v) is 4.45. The average molecular weight is 359 g/mol. The number of anilines is 1. The predicted octanol–water partition coefficient (Wildman–Crippen LogP) is 3.73. The third-order valence-electron chi connectivity index (χ3n) is 3.28. The van der Waals surface area contributed by atoms with E-state index >= 15 is 0 Å². The standard InChI is InChI=1S/C17H15ClN4OS/c18-14-7-2-1-5-12(14)9-21-17-22-15(11-24-17)16(23)20-10-13-6-3-4-8-19-13/h1-8,11H,9-10H2,(H,20,23)(H,21,22). The molecule has 2 heterocycles. The smallest absolute Gasteiger partial charge is 0.271 e. The minimum Gasteiger partial charge on any atom is -0.357 e. The lowest BCUT2D eigenvalue weighted by molar-refractivity contribution is 0.0946. The summed E-state index contributed by atoms with van der Waals surface area (Å²) in [6, 6.07) is 13.2. The lowest BCUT2D eigenvalue weighted by Crippen LogP contribution is -2.23. The van der Waals surface area contributed by atoms with Crippen molar-refractivity contribution >= 4 is 34.0 Å². The number of hydrogen-bond donors (Lipinski definition) is 2. The van der Waals surface area contributed by atoms with Crippen molar-refractivity contribution in [1.29, 1.82) is 0 Å². The summed E-state index contributed by atoms with van der Waals surface area (Å²) in [6.07, 6.45) is 1.70. The number of carbonyl (C=O) groups is 1. The number of rotatable bonds is 6. The Labute approximate surface area is 148 Å². The van der Waals surface area contributed by atoms with E-state index < -0.39 is 0 Å². The van der Waals surface area contributed by atoms with Gasteiger partial charge in [-0.1, -0.05) is 35.9 Å². The van der Waals surface area contributed by atoms with Gasteiger partial charge in [-0.15, -0.1) is 11.3 Å². The van der Waals surface area contributed by atoms with Crippen molar-refractivity contribution < 1.29 is 4.79 Å². The van der Waals surface area contributed by atoms with Crippen LogP contribution in [0.4, 0.5) is 5.13 Å². The summed E-state index contributed by atoms with van der Waals surface area (Å²) in [5.74, 6) is -0.220. The number of carbonyl (C=O) groups excluding carboxylic acids is 1. The maximum Gasteiger partial charge on any atom is 0.271 e. The fraction of sp³-hybridized carbons (Fsp3) is 0.118. The second-order valence-corrected chi connectivity index (χ2v) is 6.25. The Morgan fingerprint density at radius 3 is 2.75 bits per heavy atom. The minimum absolute atomic E-state index is 0.220. The van der Waals surface area contributed by atoms with Crippen LogP contribution in [0.15, 0.2) is 54.0 Å². The van der Waals surface area contributed by atoms with Gasteiger partial charge in [0.1, 0.15) is 5.69 Å². The number of nitrogens with zero attached hydrogens (tertiary/aromatic N) is 2. The van der Waals surface area contributed by atoms with Crippen LogP contribution in [0.1, 0.15) is 21.7 Å². The zero-order valence-corrected chi connectivity index (χ0v) is 14.3. The Hall–Kier alpha value is -2.44. The lowest BCUT2D eigenvalue weighted by Gasteiger charge is -2.05. The summed E-state index contributed by atoms with van der Waals surface area (Å²) in [7, 11) is 0. The van der Waals surface area contributed by atoms with Crippen molar-refractivity contribution in [3.63, 3.8) is 0 Å². The quantitative estimate of drug-likeness (QED) is 0.704. The highest BCUT2D eigenvalue weighted by atomic mass is 35.5. The first-order chi connectivity index (χ1) is 11.7. The first-order valence-electron chi connectivity index (χ1n) is 7.33. The van der Waals surface area contributed by atoms with Crippen molar-refractivity contribution in [3.05, 3.63) is 76.0 Å². The second kappa shape index (κ2) is 7.90. The molecule has 1 aromatic carbocycles. The van der Waals surface area contributed by atoms with Crippen LogP contribution >= 0.6 is 22.9 Å². The van der Waals surface area contributed by atoms with Gasteiger partial charge < -0.3 is 10.6 Å². The molecule has 5 nitrogen and oxygen atoms in total. The van der Waals surface area contributed by atoms with Gasteiger partial charge in [-0.3, -0.25) is 9.78 Å². The van der Waals surface area contributed by atoms with Gasteiger partial charge in [-0.05, 0) is 23.8 Å². The Balaban J connectivity index is 1.55. The summed E-state index contributed by atoms with van der Waals surface area (Å²) in [5, 5.41) is 9.09. The topological polar surface area (TPSA) is 66.9 Å². The van der Waals surface area contributed by atoms with Crippen molar-refractivity contribution in [3.8, 4) is 0 Å². The van der Waals surface area contributed by atoms with Gasteiger partial charge in [0.15, 0.2) is 5.13 Å². The van der Waals surface area contributed by atoms with Crippen LogP contribution in [-0.2, 0) is 13.1 Å². The number of aromatic nitrogens is 2. The fourth-order valence-corrected chi connectivity index (χ4v) is 2.93. The number of benzene rings is 1. The number of hydrogen-bond acceptors (Lipinski definition) is 5. The second-order valence-electron chi connectivity index (χ2n) is 4.99. The maximum atomic E-state index is 12.1. The lowest BCUT2D eigenvalue weighted by atomic mass is 10.2. The summed E-state index contributed by atoms with van der Waals surface area (Å²) in [4.78, 5) is 20.6. The summed E-state index contributed by atoms with van der Waals surface area (Å²) >= 11 is 7.50. The molecule has 0 aliphatic rings. The molecule has 0 spiro atoms. The molecule has 1 amide bonds. The maximum absolute atomic E-state index is 12.1. The predicted molar refractivity (Wildman–Crippen MR) is 96.3 cm³/mol. The van der Waals surface area contributed by atoms with Crippen LogP contribution in [0.5, 0.6) is 0 Å². The molecule has 0 saturated carbocycles. The number of pyridine rings is 1. The first-order valence-corrected chi connectivity index (χ1v) is 8.59. The number of halogens is 1. The summed E-state index contributed by atoms with van der Waals surface area (Å²) in [5.41, 5.74) is 2.17. The zero-order chi connectivity index (χ0) is 16.8. The van der Waals surface area contributed by atoms with Gasteiger partial charge in [0.25, 0.3) is 5.91 Å². The Kier molecular flexibility index (Phi) is 5.40. The average Bonchev–Trinajstić information content (AvgIpc) is 3.09. The van der Waals surface area contributed by atoms with Gasteiger partial charge >= 0.3 is 0 Å². The van der Waals surface area contributed by atoms with Crippen LogP contribution in [0.2, 0.25) is 5.02 Å². The monoisotopic (exact) mass is 358 g/mol. The molecule has 0 saturated heterocycles. The first kappa shape index (κ1) is 16.4. The molecule has 0 aliphatic carbocycles. The molecule has 24 heavy (non-hydrogen) atoms. The largest absolute Gasteiger partial charge is 0.357 e. The number of nitrogens with one attached hydrogen (secondary N) is 2. The molecular formula is C17H15ClN4OS. The van der Waals surface area contributed by atoms with E-state index in [-0.39, 0.29) is 5.91 Å². The highest BCUT2D eigenvalue weighted by Crippen LogP contribution is 2.19. The van der Waals surface area contributed by atoms with E-state index in [1.54, 1.807) is 11.6 Å². The van der Waals surface area contributed by atoms with Crippen molar-refractivity contribution in [2.75, 3.05) is 5.32 Å². The molecule has 3 rings (SSSR count). The molecule has 2 aromatic heterocycles. The van der Waals surface area contributed by atoms with Gasteiger partial charge in [0.2, 0.25) is 0 Å². The normalized spacial score (nSPS) is 10.4. The molecule has 0 aliphatic heterocycles. The van der Waals surface area contributed by atoms with Gasteiger partial charge in [-0.2, -0.15) is 0 Å². The van der Waals surface area contributed by atoms with E-state index in [1.165, 1.54) is 11.3 Å². The van der Waals surface area contributed by atoms with E-state index in [1.807, 2.05) is 42.5 Å². The number of amides is 1.